The first kappa shape index (κ1) is 39.2. The molecule has 0 aliphatic rings. The average Bonchev–Trinajstić information content (AvgIpc) is 2.96. The van der Waals surface area contributed by atoms with Crippen LogP contribution in [0.3, 0.4) is 0 Å². The number of allylic oxidation sites excluding steroid dienone is 1. The number of rotatable bonds is 33. The van der Waals surface area contributed by atoms with Crippen molar-refractivity contribution in [3.63, 3.8) is 0 Å². The smallest absolute Gasteiger partial charge is 0.333 e. The van der Waals surface area contributed by atoms with Gasteiger partial charge in [0.2, 0.25) is 0 Å². The lowest BCUT2D eigenvalue weighted by Gasteiger charge is -2.06. The van der Waals surface area contributed by atoms with Gasteiger partial charge in [-0.05, 0) is 26.2 Å². The fraction of sp³-hybridized carbons (Fsp3) is 0.921. The van der Waals surface area contributed by atoms with E-state index in [-0.39, 0.29) is 5.97 Å². The Labute approximate surface area is 253 Å². The summed E-state index contributed by atoms with van der Waals surface area (Å²) in [5.74, 6) is -0.105. The van der Waals surface area contributed by atoms with E-state index in [1.54, 1.807) is 0 Å². The van der Waals surface area contributed by atoms with E-state index in [1.165, 1.54) is 186 Å². The van der Waals surface area contributed by atoms with Crippen LogP contribution in [0.15, 0.2) is 11.6 Å². The highest BCUT2D eigenvalue weighted by molar-refractivity contribution is 5.87. The number of carbonyl (C=O) groups is 1. The molecule has 0 atom stereocenters. The quantitative estimate of drug-likeness (QED) is 0.0451. The average molecular weight is 563 g/mol. The largest absolute Gasteiger partial charge is 0.462 e. The van der Waals surface area contributed by atoms with Gasteiger partial charge < -0.3 is 4.74 Å². The molecule has 0 rings (SSSR count). The second kappa shape index (κ2) is 34.4. The Morgan fingerprint density at radius 3 is 1.02 bits per heavy atom. The molecule has 0 N–H and O–H groups in total. The Kier molecular flexibility index (Phi) is 33.7. The van der Waals surface area contributed by atoms with Gasteiger partial charge in [0, 0.05) is 5.57 Å². The van der Waals surface area contributed by atoms with E-state index in [0.29, 0.717) is 6.61 Å². The molecule has 0 aromatic heterocycles. The summed E-state index contributed by atoms with van der Waals surface area (Å²) in [6, 6.07) is 0. The molecule has 0 fully saturated rings. The van der Waals surface area contributed by atoms with Crippen molar-refractivity contribution in [1.29, 1.82) is 0 Å². The SMILES string of the molecule is CCCCCCCCCCCCCCCC/C=C(\C)C(=O)OCCCCCCCCCCCCCCCCCC. The van der Waals surface area contributed by atoms with Crippen molar-refractivity contribution >= 4 is 5.97 Å². The molecular formula is C38H74O2. The van der Waals surface area contributed by atoms with Crippen molar-refractivity contribution in [2.24, 2.45) is 0 Å². The summed E-state index contributed by atoms with van der Waals surface area (Å²) in [5, 5.41) is 0. The molecule has 40 heavy (non-hydrogen) atoms. The van der Waals surface area contributed by atoms with E-state index in [4.69, 9.17) is 4.74 Å². The van der Waals surface area contributed by atoms with Gasteiger partial charge in [0.1, 0.15) is 0 Å². The van der Waals surface area contributed by atoms with Crippen LogP contribution in [-0.2, 0) is 9.53 Å². The summed E-state index contributed by atoms with van der Waals surface area (Å²) in [4.78, 5) is 12.2. The zero-order chi connectivity index (χ0) is 29.2. The summed E-state index contributed by atoms with van der Waals surface area (Å²) in [5.41, 5.74) is 0.797. The molecule has 0 saturated carbocycles. The van der Waals surface area contributed by atoms with Crippen molar-refractivity contribution < 1.29 is 9.53 Å². The molecule has 0 bridgehead atoms. The minimum absolute atomic E-state index is 0.105. The Bertz CT molecular complexity index is 524. The molecule has 0 aliphatic carbocycles. The van der Waals surface area contributed by atoms with Crippen LogP contribution in [-0.4, -0.2) is 12.6 Å². The summed E-state index contributed by atoms with van der Waals surface area (Å²) >= 11 is 0. The molecule has 0 heterocycles. The number of ether oxygens (including phenoxy) is 1. The van der Waals surface area contributed by atoms with Crippen LogP contribution < -0.4 is 0 Å². The van der Waals surface area contributed by atoms with E-state index in [2.05, 4.69) is 19.9 Å². The van der Waals surface area contributed by atoms with Gasteiger partial charge >= 0.3 is 5.97 Å². The van der Waals surface area contributed by atoms with Crippen LogP contribution in [0, 0.1) is 0 Å². The lowest BCUT2D eigenvalue weighted by Crippen LogP contribution is -2.07. The number of hydrogen-bond acceptors (Lipinski definition) is 2. The molecule has 0 aliphatic heterocycles. The van der Waals surface area contributed by atoms with Crippen molar-refractivity contribution in [2.45, 2.75) is 220 Å². The zero-order valence-corrected chi connectivity index (χ0v) is 28.0. The molecule has 0 spiro atoms. The number of carbonyl (C=O) groups excluding carboxylic acids is 1. The molecular weight excluding hydrogens is 488 g/mol. The van der Waals surface area contributed by atoms with Gasteiger partial charge in [0.15, 0.2) is 0 Å². The van der Waals surface area contributed by atoms with Crippen LogP contribution in [0.4, 0.5) is 0 Å². The van der Waals surface area contributed by atoms with E-state index < -0.39 is 0 Å². The second-order valence-corrected chi connectivity index (χ2v) is 12.7. The van der Waals surface area contributed by atoms with Crippen molar-refractivity contribution in [1.82, 2.24) is 0 Å². The summed E-state index contributed by atoms with van der Waals surface area (Å²) < 4.78 is 5.49. The molecule has 0 radical (unpaired) electrons. The maximum Gasteiger partial charge on any atom is 0.333 e. The number of unbranched alkanes of at least 4 members (excludes halogenated alkanes) is 29. The Morgan fingerprint density at radius 1 is 0.425 bits per heavy atom. The normalized spacial score (nSPS) is 11.8. The van der Waals surface area contributed by atoms with Gasteiger partial charge in [-0.3, -0.25) is 0 Å². The molecule has 0 unspecified atom stereocenters. The summed E-state index contributed by atoms with van der Waals surface area (Å²) in [7, 11) is 0. The van der Waals surface area contributed by atoms with E-state index in [9.17, 15) is 4.79 Å². The van der Waals surface area contributed by atoms with Crippen LogP contribution in [0.2, 0.25) is 0 Å². The van der Waals surface area contributed by atoms with Gasteiger partial charge in [0.25, 0.3) is 0 Å². The van der Waals surface area contributed by atoms with Gasteiger partial charge in [-0.25, -0.2) is 4.79 Å². The highest BCUT2D eigenvalue weighted by Gasteiger charge is 2.05. The maximum absolute atomic E-state index is 12.2. The predicted octanol–water partition coefficient (Wildman–Crippen LogP) is 13.6. The molecule has 2 heteroatoms. The van der Waals surface area contributed by atoms with Crippen LogP contribution >= 0.6 is 0 Å². The molecule has 0 saturated heterocycles. The van der Waals surface area contributed by atoms with E-state index in [1.807, 2.05) is 6.92 Å². The number of hydrogen-bond donors (Lipinski definition) is 0. The first-order chi connectivity index (χ1) is 19.7. The van der Waals surface area contributed by atoms with Crippen molar-refractivity contribution in [3.05, 3.63) is 11.6 Å². The lowest BCUT2D eigenvalue weighted by atomic mass is 10.0. The third-order valence-corrected chi connectivity index (χ3v) is 8.56. The first-order valence-corrected chi connectivity index (χ1v) is 18.6. The standard InChI is InChI=1S/C38H74O2/c1-4-6-8-10-12-14-16-18-20-22-24-26-28-30-32-34-36-40-38(39)37(3)35-33-31-29-27-25-23-21-19-17-15-13-11-9-7-5-2/h35H,4-34,36H2,1-3H3/b37-35+. The lowest BCUT2D eigenvalue weighted by molar-refractivity contribution is -0.139. The molecule has 238 valence electrons. The molecule has 0 aromatic rings. The van der Waals surface area contributed by atoms with Crippen LogP contribution in [0.5, 0.6) is 0 Å². The fourth-order valence-corrected chi connectivity index (χ4v) is 5.67. The van der Waals surface area contributed by atoms with Gasteiger partial charge in [-0.1, -0.05) is 200 Å². The number of esters is 1. The summed E-state index contributed by atoms with van der Waals surface area (Å²) in [6.07, 6.45) is 44.4. The van der Waals surface area contributed by atoms with Crippen LogP contribution in [0.1, 0.15) is 220 Å². The maximum atomic E-state index is 12.2. The Balaban J connectivity index is 3.34. The van der Waals surface area contributed by atoms with Crippen molar-refractivity contribution in [2.75, 3.05) is 6.61 Å². The van der Waals surface area contributed by atoms with Gasteiger partial charge in [0.05, 0.1) is 6.61 Å². The van der Waals surface area contributed by atoms with E-state index >= 15 is 0 Å². The van der Waals surface area contributed by atoms with Crippen molar-refractivity contribution in [3.8, 4) is 0 Å². The topological polar surface area (TPSA) is 26.3 Å². The highest BCUT2D eigenvalue weighted by Crippen LogP contribution is 2.15. The van der Waals surface area contributed by atoms with Gasteiger partial charge in [-0.15, -0.1) is 0 Å². The zero-order valence-electron chi connectivity index (χ0n) is 28.0. The van der Waals surface area contributed by atoms with Gasteiger partial charge in [-0.2, -0.15) is 0 Å². The Morgan fingerprint density at radius 2 is 0.700 bits per heavy atom. The summed E-state index contributed by atoms with van der Waals surface area (Å²) in [6.45, 7) is 7.08. The second-order valence-electron chi connectivity index (χ2n) is 12.7. The molecule has 0 amide bonds. The molecule has 0 aromatic carbocycles. The minimum atomic E-state index is -0.105. The van der Waals surface area contributed by atoms with Crippen LogP contribution in [0.25, 0.3) is 0 Å². The monoisotopic (exact) mass is 563 g/mol. The third kappa shape index (κ3) is 31.7. The highest BCUT2D eigenvalue weighted by atomic mass is 16.5. The Hall–Kier alpha value is -0.790. The van der Waals surface area contributed by atoms with E-state index in [0.717, 1.165) is 18.4 Å². The first-order valence-electron chi connectivity index (χ1n) is 18.6. The third-order valence-electron chi connectivity index (χ3n) is 8.56. The molecule has 2 nitrogen and oxygen atoms in total. The minimum Gasteiger partial charge on any atom is -0.462 e. The predicted molar refractivity (Wildman–Crippen MR) is 179 cm³/mol. The fourth-order valence-electron chi connectivity index (χ4n) is 5.67.